The van der Waals surface area contributed by atoms with Gasteiger partial charge in [-0.2, -0.15) is 0 Å². The fraction of sp³-hybridized carbons (Fsp3) is 0.435. The van der Waals surface area contributed by atoms with Crippen molar-refractivity contribution in [3.63, 3.8) is 0 Å². The summed E-state index contributed by atoms with van der Waals surface area (Å²) in [7, 11) is 0. The normalized spacial score (nSPS) is 12.1. The van der Waals surface area contributed by atoms with E-state index >= 15 is 0 Å². The Morgan fingerprint density at radius 1 is 0.889 bits per heavy atom. The van der Waals surface area contributed by atoms with Crippen molar-refractivity contribution in [1.82, 2.24) is 0 Å². The minimum absolute atomic E-state index is 0.128. The molecule has 0 aliphatic carbocycles. The molecule has 0 heterocycles. The van der Waals surface area contributed by atoms with E-state index in [9.17, 15) is 15.0 Å². The zero-order valence-electron chi connectivity index (χ0n) is 17.1. The topological polar surface area (TPSA) is 66.8 Å². The first kappa shape index (κ1) is 20.8. The number of hydrogen-bond acceptors (Lipinski definition) is 4. The summed E-state index contributed by atoms with van der Waals surface area (Å²) in [6.07, 6.45) is 0.766. The predicted octanol–water partition coefficient (Wildman–Crippen LogP) is 5.23. The van der Waals surface area contributed by atoms with Gasteiger partial charge in [-0.15, -0.1) is 0 Å². The highest BCUT2D eigenvalue weighted by molar-refractivity contribution is 5.72. The van der Waals surface area contributed by atoms with Crippen molar-refractivity contribution in [2.75, 3.05) is 0 Å². The number of aromatic hydroxyl groups is 2. The average molecular weight is 370 g/mol. The van der Waals surface area contributed by atoms with Crippen molar-refractivity contribution < 1.29 is 19.7 Å². The molecule has 2 N–H and O–H groups in total. The second-order valence-corrected chi connectivity index (χ2v) is 9.01. The van der Waals surface area contributed by atoms with Crippen LogP contribution in [0.15, 0.2) is 36.4 Å². The van der Waals surface area contributed by atoms with E-state index in [1.807, 2.05) is 12.1 Å². The van der Waals surface area contributed by atoms with E-state index in [4.69, 9.17) is 4.74 Å². The number of esters is 1. The van der Waals surface area contributed by atoms with Gasteiger partial charge in [-0.25, -0.2) is 0 Å². The molecular weight excluding hydrogens is 340 g/mol. The number of hydrogen-bond donors (Lipinski definition) is 2. The number of phenolic OH excluding ortho intramolecular Hbond substituents is 2. The number of aryl methyl sites for hydroxylation is 1. The average Bonchev–Trinajstić information content (AvgIpc) is 2.54. The Hall–Kier alpha value is -2.49. The molecule has 0 aromatic heterocycles. The predicted molar refractivity (Wildman–Crippen MR) is 108 cm³/mol. The second-order valence-electron chi connectivity index (χ2n) is 9.01. The molecule has 4 heteroatoms. The molecule has 2 aromatic carbocycles. The van der Waals surface area contributed by atoms with E-state index in [0.717, 1.165) is 16.7 Å². The molecule has 0 saturated carbocycles. The first-order chi connectivity index (χ1) is 12.4. The van der Waals surface area contributed by atoms with E-state index in [0.29, 0.717) is 17.9 Å². The number of benzene rings is 2. The van der Waals surface area contributed by atoms with Crippen LogP contribution in [0.1, 0.15) is 64.7 Å². The summed E-state index contributed by atoms with van der Waals surface area (Å²) in [6, 6.07) is 10.0. The first-order valence-electron chi connectivity index (χ1n) is 9.24. The summed E-state index contributed by atoms with van der Waals surface area (Å²) in [5.41, 5.74) is 2.37. The molecular formula is C23H30O4. The number of carbonyl (C=O) groups is 1. The van der Waals surface area contributed by atoms with Gasteiger partial charge >= 0.3 is 5.97 Å². The van der Waals surface area contributed by atoms with Gasteiger partial charge in [0.15, 0.2) is 0 Å². The summed E-state index contributed by atoms with van der Waals surface area (Å²) in [5, 5.41) is 20.1. The van der Waals surface area contributed by atoms with Gasteiger partial charge in [-0.05, 0) is 58.2 Å². The van der Waals surface area contributed by atoms with Gasteiger partial charge in [0.05, 0.1) is 0 Å². The molecule has 0 unspecified atom stereocenters. The second kappa shape index (κ2) is 7.63. The minimum Gasteiger partial charge on any atom is -0.508 e. The Morgan fingerprint density at radius 2 is 1.37 bits per heavy atom. The highest BCUT2D eigenvalue weighted by Crippen LogP contribution is 2.40. The molecule has 4 nitrogen and oxygen atoms in total. The van der Waals surface area contributed by atoms with Gasteiger partial charge in [0, 0.05) is 6.42 Å². The lowest BCUT2D eigenvalue weighted by Crippen LogP contribution is -2.18. The van der Waals surface area contributed by atoms with Crippen LogP contribution in [-0.2, 0) is 22.0 Å². The standard InChI is InChI=1S/C23H30O4/c1-22(2,3)18-13-15(14-19(21(18)26)23(4,5)6)7-12-20(25)27-17-10-8-16(24)9-11-17/h8-11,13-14,24,26H,7,12H2,1-6H3. The summed E-state index contributed by atoms with van der Waals surface area (Å²) < 4.78 is 5.31. The van der Waals surface area contributed by atoms with E-state index in [1.54, 1.807) is 12.1 Å². The Balaban J connectivity index is 2.20. The number of rotatable bonds is 4. The van der Waals surface area contributed by atoms with Crippen LogP contribution in [0.2, 0.25) is 0 Å². The van der Waals surface area contributed by atoms with Crippen LogP contribution in [0, 0.1) is 0 Å². The lowest BCUT2D eigenvalue weighted by atomic mass is 9.78. The van der Waals surface area contributed by atoms with Gasteiger partial charge in [0.1, 0.15) is 17.2 Å². The van der Waals surface area contributed by atoms with Gasteiger partial charge in [0.25, 0.3) is 0 Å². The molecule has 2 rings (SSSR count). The van der Waals surface area contributed by atoms with Crippen molar-refractivity contribution in [2.24, 2.45) is 0 Å². The molecule has 0 aliphatic rings. The summed E-state index contributed by atoms with van der Waals surface area (Å²) >= 11 is 0. The molecule has 0 radical (unpaired) electrons. The number of carbonyl (C=O) groups excluding carboxylic acids is 1. The lowest BCUT2D eigenvalue weighted by Gasteiger charge is -2.28. The fourth-order valence-electron chi connectivity index (χ4n) is 2.93. The lowest BCUT2D eigenvalue weighted by molar-refractivity contribution is -0.134. The van der Waals surface area contributed by atoms with Crippen LogP contribution in [0.3, 0.4) is 0 Å². The molecule has 0 saturated heterocycles. The smallest absolute Gasteiger partial charge is 0.311 e. The number of ether oxygens (including phenoxy) is 1. The van der Waals surface area contributed by atoms with Gasteiger partial charge in [-0.1, -0.05) is 53.7 Å². The highest BCUT2D eigenvalue weighted by Gasteiger charge is 2.26. The van der Waals surface area contributed by atoms with Crippen LogP contribution in [0.4, 0.5) is 0 Å². The summed E-state index contributed by atoms with van der Waals surface area (Å²) in [5.74, 6) is 0.548. The molecule has 146 valence electrons. The van der Waals surface area contributed by atoms with E-state index in [-0.39, 0.29) is 29.0 Å². The Morgan fingerprint density at radius 3 is 1.81 bits per heavy atom. The Bertz CT molecular complexity index is 771. The molecule has 0 amide bonds. The third-order valence-corrected chi connectivity index (χ3v) is 4.47. The van der Waals surface area contributed by atoms with Crippen molar-refractivity contribution in [3.8, 4) is 17.2 Å². The largest absolute Gasteiger partial charge is 0.508 e. The van der Waals surface area contributed by atoms with Gasteiger partial charge in [-0.3, -0.25) is 4.79 Å². The third-order valence-electron chi connectivity index (χ3n) is 4.47. The fourth-order valence-corrected chi connectivity index (χ4v) is 2.93. The van der Waals surface area contributed by atoms with Crippen LogP contribution in [0.5, 0.6) is 17.2 Å². The quantitative estimate of drug-likeness (QED) is 0.571. The maximum atomic E-state index is 12.2. The molecule has 0 fully saturated rings. The highest BCUT2D eigenvalue weighted by atomic mass is 16.5. The van der Waals surface area contributed by atoms with Gasteiger partial charge in [0.2, 0.25) is 0 Å². The summed E-state index contributed by atoms with van der Waals surface area (Å²) in [4.78, 5) is 12.2. The molecule has 2 aromatic rings. The van der Waals surface area contributed by atoms with Crippen LogP contribution >= 0.6 is 0 Å². The minimum atomic E-state index is -0.330. The maximum absolute atomic E-state index is 12.2. The molecule has 0 spiro atoms. The van der Waals surface area contributed by atoms with Crippen molar-refractivity contribution in [2.45, 2.75) is 65.2 Å². The molecule has 0 bridgehead atoms. The van der Waals surface area contributed by atoms with Crippen LogP contribution in [0.25, 0.3) is 0 Å². The van der Waals surface area contributed by atoms with Crippen LogP contribution < -0.4 is 4.74 Å². The SMILES string of the molecule is CC(C)(C)c1cc(CCC(=O)Oc2ccc(O)cc2)cc(C(C)(C)C)c1O. The first-order valence-corrected chi connectivity index (χ1v) is 9.24. The van der Waals surface area contributed by atoms with Crippen LogP contribution in [-0.4, -0.2) is 16.2 Å². The molecule has 27 heavy (non-hydrogen) atoms. The molecule has 0 atom stereocenters. The third kappa shape index (κ3) is 5.49. The van der Waals surface area contributed by atoms with Gasteiger partial charge < -0.3 is 14.9 Å². The van der Waals surface area contributed by atoms with E-state index in [2.05, 4.69) is 41.5 Å². The van der Waals surface area contributed by atoms with Crippen molar-refractivity contribution in [3.05, 3.63) is 53.1 Å². The van der Waals surface area contributed by atoms with E-state index < -0.39 is 0 Å². The zero-order chi connectivity index (χ0) is 20.4. The van der Waals surface area contributed by atoms with Crippen molar-refractivity contribution >= 4 is 5.97 Å². The molecule has 0 aliphatic heterocycles. The maximum Gasteiger partial charge on any atom is 0.311 e. The monoisotopic (exact) mass is 370 g/mol. The zero-order valence-corrected chi connectivity index (χ0v) is 17.1. The Labute approximate surface area is 161 Å². The number of phenols is 2. The summed E-state index contributed by atoms with van der Waals surface area (Å²) in [6.45, 7) is 12.4. The Kier molecular flexibility index (Phi) is 5.88. The van der Waals surface area contributed by atoms with Crippen molar-refractivity contribution in [1.29, 1.82) is 0 Å². The van der Waals surface area contributed by atoms with E-state index in [1.165, 1.54) is 12.1 Å².